The predicted molar refractivity (Wildman–Crippen MR) is 43.0 cm³/mol. The highest BCUT2D eigenvalue weighted by molar-refractivity contribution is 5.77. The number of hydrogen-bond donors (Lipinski definition) is 1. The zero-order valence-corrected chi connectivity index (χ0v) is 7.11. The Morgan fingerprint density at radius 3 is 2.60 bits per heavy atom. The van der Waals surface area contributed by atoms with Crippen LogP contribution in [0.2, 0.25) is 0 Å². The minimum atomic E-state index is 0.211. The van der Waals surface area contributed by atoms with Gasteiger partial charge in [-0.2, -0.15) is 0 Å². The number of hydrogen-bond acceptors (Lipinski definition) is 2. The maximum Gasteiger partial charge on any atom is 0.143 e. The van der Waals surface area contributed by atoms with E-state index in [1.165, 1.54) is 6.42 Å². The first-order valence-corrected chi connectivity index (χ1v) is 3.87. The molecule has 0 fully saturated rings. The maximum absolute atomic E-state index is 10.5. The van der Waals surface area contributed by atoms with Gasteiger partial charge in [-0.05, 0) is 19.4 Å². The molecule has 0 amide bonds. The summed E-state index contributed by atoms with van der Waals surface area (Å²) in [4.78, 5) is 10.5. The normalized spacial score (nSPS) is 13.1. The van der Waals surface area contributed by atoms with Gasteiger partial charge in [0.15, 0.2) is 0 Å². The van der Waals surface area contributed by atoms with Crippen molar-refractivity contribution in [2.75, 3.05) is 13.1 Å². The fraction of sp³-hybridized carbons (Fsp3) is 0.875. The van der Waals surface area contributed by atoms with Crippen molar-refractivity contribution in [2.45, 2.75) is 27.2 Å². The first-order chi connectivity index (χ1) is 4.66. The lowest BCUT2D eigenvalue weighted by Crippen LogP contribution is -2.25. The lowest BCUT2D eigenvalue weighted by atomic mass is 10.1. The minimum Gasteiger partial charge on any atom is -0.310 e. The molecule has 60 valence electrons. The number of Topliss-reactive ketones (excluding diaryl/α,β-unsaturated/α-hetero) is 1. The summed E-state index contributed by atoms with van der Waals surface area (Å²) in [5, 5.41) is 3.09. The second-order valence-corrected chi connectivity index (χ2v) is 2.85. The van der Waals surface area contributed by atoms with E-state index < -0.39 is 0 Å². The molecule has 0 aliphatic carbocycles. The Bertz CT molecular complexity index is 101. The summed E-state index contributed by atoms with van der Waals surface area (Å²) in [6, 6.07) is 0. The summed E-state index contributed by atoms with van der Waals surface area (Å²) in [6.45, 7) is 7.40. The van der Waals surface area contributed by atoms with Gasteiger partial charge in [-0.1, -0.05) is 20.3 Å². The minimum absolute atomic E-state index is 0.211. The summed E-state index contributed by atoms with van der Waals surface area (Å²) in [6.07, 6.45) is 1.17. The molecule has 1 atom stereocenters. The monoisotopic (exact) mass is 143 g/mol. The summed E-state index contributed by atoms with van der Waals surface area (Å²) < 4.78 is 0. The quantitative estimate of drug-likeness (QED) is 0.626. The summed E-state index contributed by atoms with van der Waals surface area (Å²) >= 11 is 0. The summed E-state index contributed by atoms with van der Waals surface area (Å²) in [7, 11) is 0. The van der Waals surface area contributed by atoms with E-state index in [-0.39, 0.29) is 5.78 Å². The van der Waals surface area contributed by atoms with Crippen LogP contribution < -0.4 is 5.32 Å². The van der Waals surface area contributed by atoms with Crippen molar-refractivity contribution in [1.29, 1.82) is 0 Å². The van der Waals surface area contributed by atoms with Gasteiger partial charge in [0.05, 0.1) is 6.54 Å². The average Bonchev–Trinajstić information content (AvgIpc) is 1.87. The maximum atomic E-state index is 10.5. The summed E-state index contributed by atoms with van der Waals surface area (Å²) in [5.41, 5.74) is 0. The molecule has 0 spiro atoms. The van der Waals surface area contributed by atoms with Crippen LogP contribution in [0.5, 0.6) is 0 Å². The number of ketones is 1. The van der Waals surface area contributed by atoms with Gasteiger partial charge in [-0.25, -0.2) is 0 Å². The molecule has 1 N–H and O–H groups in total. The van der Waals surface area contributed by atoms with Crippen molar-refractivity contribution >= 4 is 5.78 Å². The van der Waals surface area contributed by atoms with E-state index >= 15 is 0 Å². The lowest BCUT2D eigenvalue weighted by Gasteiger charge is -2.07. The van der Waals surface area contributed by atoms with Crippen molar-refractivity contribution in [2.24, 2.45) is 5.92 Å². The van der Waals surface area contributed by atoms with Gasteiger partial charge in [0.25, 0.3) is 0 Å². The van der Waals surface area contributed by atoms with Crippen LogP contribution in [0.3, 0.4) is 0 Å². The third-order valence-electron chi connectivity index (χ3n) is 1.56. The van der Waals surface area contributed by atoms with Gasteiger partial charge < -0.3 is 5.32 Å². The van der Waals surface area contributed by atoms with Gasteiger partial charge in [-0.3, -0.25) is 4.79 Å². The Morgan fingerprint density at radius 1 is 1.60 bits per heavy atom. The van der Waals surface area contributed by atoms with Gasteiger partial charge in [0.1, 0.15) is 5.78 Å². The zero-order valence-electron chi connectivity index (χ0n) is 7.11. The van der Waals surface area contributed by atoms with E-state index in [0.29, 0.717) is 12.5 Å². The number of carbonyl (C=O) groups is 1. The standard InChI is InChI=1S/C8H17NO/c1-4-7(2)5-9-6-8(3)10/h7,9H,4-6H2,1-3H3. The van der Waals surface area contributed by atoms with Crippen molar-refractivity contribution in [3.63, 3.8) is 0 Å². The first-order valence-electron chi connectivity index (χ1n) is 3.87. The van der Waals surface area contributed by atoms with Gasteiger partial charge in [-0.15, -0.1) is 0 Å². The van der Waals surface area contributed by atoms with Crippen molar-refractivity contribution in [1.82, 2.24) is 5.32 Å². The third kappa shape index (κ3) is 5.76. The molecule has 0 rings (SSSR count). The largest absolute Gasteiger partial charge is 0.310 e. The fourth-order valence-electron chi connectivity index (χ4n) is 0.639. The Morgan fingerprint density at radius 2 is 2.20 bits per heavy atom. The Kier molecular flexibility index (Phi) is 5.22. The van der Waals surface area contributed by atoms with Crippen LogP contribution in [0, 0.1) is 5.92 Å². The van der Waals surface area contributed by atoms with Crippen LogP contribution in [0.25, 0.3) is 0 Å². The molecule has 0 aromatic carbocycles. The molecule has 0 aliphatic heterocycles. The molecule has 2 heteroatoms. The molecule has 1 unspecified atom stereocenters. The molecule has 2 nitrogen and oxygen atoms in total. The van der Waals surface area contributed by atoms with Gasteiger partial charge in [0, 0.05) is 0 Å². The highest BCUT2D eigenvalue weighted by atomic mass is 16.1. The average molecular weight is 143 g/mol. The molecular weight excluding hydrogens is 126 g/mol. The topological polar surface area (TPSA) is 29.1 Å². The van der Waals surface area contributed by atoms with Crippen LogP contribution in [0.1, 0.15) is 27.2 Å². The smallest absolute Gasteiger partial charge is 0.143 e. The Hall–Kier alpha value is -0.370. The molecule has 0 heterocycles. The van der Waals surface area contributed by atoms with E-state index in [2.05, 4.69) is 19.2 Å². The molecule has 0 aromatic heterocycles. The van der Waals surface area contributed by atoms with Crippen LogP contribution in [0.4, 0.5) is 0 Å². The first kappa shape index (κ1) is 9.63. The van der Waals surface area contributed by atoms with Crippen LogP contribution in [0.15, 0.2) is 0 Å². The summed E-state index contributed by atoms with van der Waals surface area (Å²) in [5.74, 6) is 0.891. The second-order valence-electron chi connectivity index (χ2n) is 2.85. The van der Waals surface area contributed by atoms with Crippen molar-refractivity contribution < 1.29 is 4.79 Å². The predicted octanol–water partition coefficient (Wildman–Crippen LogP) is 1.21. The number of rotatable bonds is 5. The van der Waals surface area contributed by atoms with E-state index in [1.54, 1.807) is 6.92 Å². The van der Waals surface area contributed by atoms with Crippen molar-refractivity contribution in [3.05, 3.63) is 0 Å². The van der Waals surface area contributed by atoms with Gasteiger partial charge in [0.2, 0.25) is 0 Å². The number of carbonyl (C=O) groups excluding carboxylic acids is 1. The van der Waals surface area contributed by atoms with Crippen molar-refractivity contribution in [3.8, 4) is 0 Å². The molecule has 0 radical (unpaired) electrons. The molecule has 0 saturated heterocycles. The molecule has 10 heavy (non-hydrogen) atoms. The van der Waals surface area contributed by atoms with E-state index in [4.69, 9.17) is 0 Å². The van der Waals surface area contributed by atoms with E-state index in [1.807, 2.05) is 0 Å². The lowest BCUT2D eigenvalue weighted by molar-refractivity contribution is -0.116. The van der Waals surface area contributed by atoms with Gasteiger partial charge >= 0.3 is 0 Å². The third-order valence-corrected chi connectivity index (χ3v) is 1.56. The Labute approximate surface area is 63.0 Å². The highest BCUT2D eigenvalue weighted by Crippen LogP contribution is 1.96. The molecular formula is C8H17NO. The molecule has 0 saturated carbocycles. The van der Waals surface area contributed by atoms with Crippen LogP contribution in [-0.4, -0.2) is 18.9 Å². The SMILES string of the molecule is CCC(C)CNCC(C)=O. The van der Waals surface area contributed by atoms with E-state index in [0.717, 1.165) is 6.54 Å². The number of nitrogens with one attached hydrogen (secondary N) is 1. The second kappa shape index (κ2) is 5.42. The molecule has 0 aromatic rings. The molecule has 0 bridgehead atoms. The zero-order chi connectivity index (χ0) is 7.98. The highest BCUT2D eigenvalue weighted by Gasteiger charge is 1.97. The molecule has 0 aliphatic rings. The Balaban J connectivity index is 3.11. The van der Waals surface area contributed by atoms with Crippen LogP contribution in [-0.2, 0) is 4.79 Å². The van der Waals surface area contributed by atoms with Crippen LogP contribution >= 0.6 is 0 Å². The fourth-order valence-corrected chi connectivity index (χ4v) is 0.639. The van der Waals surface area contributed by atoms with E-state index in [9.17, 15) is 4.79 Å².